The van der Waals surface area contributed by atoms with E-state index in [4.69, 9.17) is 5.11 Å². The fourth-order valence-corrected chi connectivity index (χ4v) is 2.67. The number of hydrogen-bond acceptors (Lipinski definition) is 4. The van der Waals surface area contributed by atoms with Gasteiger partial charge in [-0.1, -0.05) is 0 Å². The van der Waals surface area contributed by atoms with Gasteiger partial charge in [0, 0.05) is 32.4 Å². The van der Waals surface area contributed by atoms with Crippen LogP contribution < -0.4 is 5.32 Å². The number of carbonyl (C=O) groups excluding carboxylic acids is 1. The van der Waals surface area contributed by atoms with Gasteiger partial charge in [-0.3, -0.25) is 4.79 Å². The Bertz CT molecular complexity index is 481. The lowest BCUT2D eigenvalue weighted by Gasteiger charge is -2.25. The second-order valence-corrected chi connectivity index (χ2v) is 4.93. The fraction of sp³-hybridized carbons (Fsp3) is 0.571. The highest BCUT2D eigenvalue weighted by Crippen LogP contribution is 2.25. The topological polar surface area (TPSA) is 65.5 Å². The number of hydrogen-bond donors (Lipinski definition) is 2. The van der Waals surface area contributed by atoms with Gasteiger partial charge in [-0.2, -0.15) is 0 Å². The van der Waals surface area contributed by atoms with Gasteiger partial charge in [0.1, 0.15) is 0 Å². The van der Waals surface area contributed by atoms with Crippen LogP contribution in [0.1, 0.15) is 36.0 Å². The van der Waals surface area contributed by atoms with Crippen LogP contribution in [0.4, 0.5) is 10.2 Å². The monoisotopic (exact) mass is 281 g/mol. The number of likely N-dealkylation sites (tertiary alicyclic amines) is 1. The minimum atomic E-state index is -0.604. The van der Waals surface area contributed by atoms with Crippen LogP contribution in [-0.2, 0) is 0 Å². The average molecular weight is 281 g/mol. The number of halogens is 1. The van der Waals surface area contributed by atoms with Crippen LogP contribution >= 0.6 is 0 Å². The van der Waals surface area contributed by atoms with E-state index >= 15 is 0 Å². The molecule has 0 bridgehead atoms. The summed E-state index contributed by atoms with van der Waals surface area (Å²) in [6, 6.07) is 1.51. The summed E-state index contributed by atoms with van der Waals surface area (Å²) in [4.78, 5) is 18.0. The first-order chi connectivity index (χ1) is 9.69. The highest BCUT2D eigenvalue weighted by Gasteiger charge is 2.30. The zero-order valence-corrected chi connectivity index (χ0v) is 11.6. The van der Waals surface area contributed by atoms with Gasteiger partial charge in [-0.05, 0) is 31.7 Å². The van der Waals surface area contributed by atoms with Gasteiger partial charge < -0.3 is 15.3 Å². The van der Waals surface area contributed by atoms with Crippen LogP contribution in [0.2, 0.25) is 0 Å². The van der Waals surface area contributed by atoms with Gasteiger partial charge in [0.2, 0.25) is 0 Å². The Labute approximate surface area is 117 Å². The number of nitrogens with one attached hydrogen (secondary N) is 1. The van der Waals surface area contributed by atoms with Crippen molar-refractivity contribution >= 4 is 11.7 Å². The summed E-state index contributed by atoms with van der Waals surface area (Å²) in [5, 5.41) is 11.5. The summed E-state index contributed by atoms with van der Waals surface area (Å²) in [5.74, 6) is -0.809. The quantitative estimate of drug-likeness (QED) is 0.861. The molecule has 5 nitrogen and oxygen atoms in total. The average Bonchev–Trinajstić information content (AvgIpc) is 2.93. The predicted molar refractivity (Wildman–Crippen MR) is 74.1 cm³/mol. The summed E-state index contributed by atoms with van der Waals surface area (Å²) in [5.41, 5.74) is 0.0558. The Morgan fingerprint density at radius 3 is 3.15 bits per heavy atom. The minimum absolute atomic E-state index is 0.0558. The summed E-state index contributed by atoms with van der Waals surface area (Å²) in [7, 11) is 1.57. The lowest BCUT2D eigenvalue weighted by molar-refractivity contribution is 0.0719. The standard InChI is InChI=1S/C14H20FN3O2/c1-16-13-12(15)11(6-7-17-13)14(20)18-8-2-4-10(18)5-3-9-19/h6-7,10,19H,2-5,8-9H2,1H3,(H,16,17). The smallest absolute Gasteiger partial charge is 0.257 e. The molecule has 6 heteroatoms. The Hall–Kier alpha value is -1.69. The van der Waals surface area contributed by atoms with Crippen molar-refractivity contribution in [1.29, 1.82) is 0 Å². The van der Waals surface area contributed by atoms with Gasteiger partial charge in [-0.15, -0.1) is 0 Å². The number of anilines is 1. The summed E-state index contributed by atoms with van der Waals surface area (Å²) < 4.78 is 14.1. The molecule has 1 aliphatic heterocycles. The molecule has 2 heterocycles. The van der Waals surface area contributed by atoms with Gasteiger partial charge in [-0.25, -0.2) is 9.37 Å². The highest BCUT2D eigenvalue weighted by molar-refractivity contribution is 5.95. The third-order valence-electron chi connectivity index (χ3n) is 3.69. The van der Waals surface area contributed by atoms with Gasteiger partial charge in [0.15, 0.2) is 11.6 Å². The van der Waals surface area contributed by atoms with Gasteiger partial charge in [0.25, 0.3) is 5.91 Å². The highest BCUT2D eigenvalue weighted by atomic mass is 19.1. The lowest BCUT2D eigenvalue weighted by atomic mass is 10.1. The Kier molecular flexibility index (Phi) is 4.89. The number of aromatic nitrogens is 1. The third kappa shape index (κ3) is 2.90. The molecule has 110 valence electrons. The van der Waals surface area contributed by atoms with Crippen molar-refractivity contribution in [2.24, 2.45) is 0 Å². The Morgan fingerprint density at radius 2 is 2.45 bits per heavy atom. The lowest BCUT2D eigenvalue weighted by Crippen LogP contribution is -2.36. The third-order valence-corrected chi connectivity index (χ3v) is 3.69. The molecule has 1 amide bonds. The summed E-state index contributed by atoms with van der Waals surface area (Å²) in [6.45, 7) is 0.762. The minimum Gasteiger partial charge on any atom is -0.396 e. The number of carbonyl (C=O) groups is 1. The number of pyridine rings is 1. The first-order valence-electron chi connectivity index (χ1n) is 6.93. The van der Waals surface area contributed by atoms with E-state index in [0.29, 0.717) is 13.0 Å². The number of aliphatic hydroxyl groups excluding tert-OH is 1. The molecule has 1 aliphatic rings. The van der Waals surface area contributed by atoms with E-state index in [2.05, 4.69) is 10.3 Å². The van der Waals surface area contributed by atoms with Crippen molar-refractivity contribution in [1.82, 2.24) is 9.88 Å². The van der Waals surface area contributed by atoms with Crippen molar-refractivity contribution < 1.29 is 14.3 Å². The first kappa shape index (κ1) is 14.7. The van der Waals surface area contributed by atoms with E-state index in [-0.39, 0.29) is 29.9 Å². The van der Waals surface area contributed by atoms with Crippen molar-refractivity contribution in [2.45, 2.75) is 31.7 Å². The van der Waals surface area contributed by atoms with E-state index in [1.165, 1.54) is 12.3 Å². The van der Waals surface area contributed by atoms with Crippen molar-refractivity contribution in [2.75, 3.05) is 25.5 Å². The molecule has 0 aromatic carbocycles. The van der Waals surface area contributed by atoms with Crippen molar-refractivity contribution in [3.05, 3.63) is 23.6 Å². The number of aliphatic hydroxyl groups is 1. The number of amides is 1. The Morgan fingerprint density at radius 1 is 1.65 bits per heavy atom. The van der Waals surface area contributed by atoms with Crippen LogP contribution in [0.15, 0.2) is 12.3 Å². The fourth-order valence-electron chi connectivity index (χ4n) is 2.67. The molecule has 2 N–H and O–H groups in total. The molecule has 1 atom stereocenters. The summed E-state index contributed by atoms with van der Waals surface area (Å²) >= 11 is 0. The van der Waals surface area contributed by atoms with Crippen molar-refractivity contribution in [3.8, 4) is 0 Å². The SMILES string of the molecule is CNc1nccc(C(=O)N2CCCC2CCCO)c1F. The van der Waals surface area contributed by atoms with E-state index < -0.39 is 5.82 Å². The van der Waals surface area contributed by atoms with Crippen molar-refractivity contribution in [3.63, 3.8) is 0 Å². The van der Waals surface area contributed by atoms with E-state index in [1.807, 2.05) is 0 Å². The molecule has 0 radical (unpaired) electrons. The zero-order valence-electron chi connectivity index (χ0n) is 11.6. The van der Waals surface area contributed by atoms with E-state index in [0.717, 1.165) is 19.3 Å². The predicted octanol–water partition coefficient (Wildman–Crippen LogP) is 1.64. The van der Waals surface area contributed by atoms with Gasteiger partial charge in [0.05, 0.1) is 5.56 Å². The molecule has 1 fully saturated rings. The first-order valence-corrected chi connectivity index (χ1v) is 6.93. The molecule has 2 rings (SSSR count). The molecule has 0 aliphatic carbocycles. The van der Waals surface area contributed by atoms with Crippen LogP contribution in [0.25, 0.3) is 0 Å². The molecule has 1 unspecified atom stereocenters. The molecule has 0 saturated carbocycles. The molecule has 20 heavy (non-hydrogen) atoms. The number of rotatable bonds is 5. The maximum atomic E-state index is 14.1. The molecular weight excluding hydrogens is 261 g/mol. The second kappa shape index (κ2) is 6.65. The van der Waals surface area contributed by atoms with E-state index in [1.54, 1.807) is 11.9 Å². The Balaban J connectivity index is 2.18. The largest absolute Gasteiger partial charge is 0.396 e. The summed E-state index contributed by atoms with van der Waals surface area (Å²) in [6.07, 6.45) is 4.69. The molecule has 1 aromatic heterocycles. The number of nitrogens with zero attached hydrogens (tertiary/aromatic N) is 2. The molecule has 1 aromatic rings. The molecule has 0 spiro atoms. The van der Waals surface area contributed by atoms with E-state index in [9.17, 15) is 9.18 Å². The normalized spacial score (nSPS) is 18.4. The van der Waals surface area contributed by atoms with Crippen LogP contribution in [0.3, 0.4) is 0 Å². The molecule has 1 saturated heterocycles. The van der Waals surface area contributed by atoms with Crippen LogP contribution in [0, 0.1) is 5.82 Å². The second-order valence-electron chi connectivity index (χ2n) is 4.93. The maximum Gasteiger partial charge on any atom is 0.257 e. The van der Waals surface area contributed by atoms with Crippen LogP contribution in [-0.4, -0.2) is 47.1 Å². The molecular formula is C14H20FN3O2. The van der Waals surface area contributed by atoms with Gasteiger partial charge >= 0.3 is 0 Å². The zero-order chi connectivity index (χ0) is 14.5. The maximum absolute atomic E-state index is 14.1. The van der Waals surface area contributed by atoms with Crippen LogP contribution in [0.5, 0.6) is 0 Å².